The molecule has 0 aliphatic carbocycles. The first kappa shape index (κ1) is 16.3. The van der Waals surface area contributed by atoms with Crippen molar-refractivity contribution in [2.75, 3.05) is 25.0 Å². The van der Waals surface area contributed by atoms with E-state index < -0.39 is 11.9 Å². The number of ether oxygens (including phenoxy) is 1. The average molecular weight is 330 g/mol. The Kier molecular flexibility index (Phi) is 4.99. The molecule has 0 unspecified atom stereocenters. The van der Waals surface area contributed by atoms with Gasteiger partial charge in [0.25, 0.3) is 5.91 Å². The summed E-state index contributed by atoms with van der Waals surface area (Å²) in [5, 5.41) is 14.8. The molecule has 0 radical (unpaired) electrons. The predicted molar refractivity (Wildman–Crippen MR) is 86.8 cm³/mol. The van der Waals surface area contributed by atoms with Crippen LogP contribution in [-0.2, 0) is 4.74 Å². The van der Waals surface area contributed by atoms with Crippen LogP contribution in [0.5, 0.6) is 0 Å². The van der Waals surface area contributed by atoms with E-state index in [9.17, 15) is 9.59 Å². The summed E-state index contributed by atoms with van der Waals surface area (Å²) in [4.78, 5) is 28.1. The zero-order valence-corrected chi connectivity index (χ0v) is 12.9. The van der Waals surface area contributed by atoms with Gasteiger partial charge in [-0.15, -0.1) is 0 Å². The van der Waals surface area contributed by atoms with Gasteiger partial charge in [0.2, 0.25) is 0 Å². The molecule has 3 N–H and O–H groups in total. The van der Waals surface area contributed by atoms with Gasteiger partial charge in [0, 0.05) is 24.8 Å². The summed E-state index contributed by atoms with van der Waals surface area (Å²) >= 11 is 0. The maximum atomic E-state index is 12.2. The first-order valence-electron chi connectivity index (χ1n) is 7.60. The summed E-state index contributed by atoms with van der Waals surface area (Å²) in [5.41, 5.74) is -0.0552. The Morgan fingerprint density at radius 1 is 1.33 bits per heavy atom. The van der Waals surface area contributed by atoms with E-state index in [-0.39, 0.29) is 24.4 Å². The Morgan fingerprint density at radius 2 is 2.12 bits per heavy atom. The van der Waals surface area contributed by atoms with Gasteiger partial charge in [-0.3, -0.25) is 9.36 Å². The number of aliphatic hydroxyl groups excluding tert-OH is 1. The summed E-state index contributed by atoms with van der Waals surface area (Å²) in [7, 11) is 0. The Labute approximate surface area is 138 Å². The highest BCUT2D eigenvalue weighted by atomic mass is 16.5. The number of rotatable bonds is 4. The van der Waals surface area contributed by atoms with Crippen molar-refractivity contribution in [2.45, 2.75) is 12.3 Å². The number of nitrogens with zero attached hydrogens (tertiary/aromatic N) is 2. The molecule has 1 aromatic carbocycles. The number of anilines is 1. The van der Waals surface area contributed by atoms with Gasteiger partial charge >= 0.3 is 5.69 Å². The number of hydrogen-bond acceptors (Lipinski definition) is 6. The average Bonchev–Trinajstić information content (AvgIpc) is 2.62. The second-order valence-electron chi connectivity index (χ2n) is 5.38. The minimum absolute atomic E-state index is 0.128. The Balaban J connectivity index is 1.73. The largest absolute Gasteiger partial charge is 0.394 e. The van der Waals surface area contributed by atoms with Crippen LogP contribution in [0.2, 0.25) is 0 Å². The maximum Gasteiger partial charge on any atom is 0.351 e. The number of aromatic nitrogens is 2. The zero-order valence-electron chi connectivity index (χ0n) is 12.9. The predicted octanol–water partition coefficient (Wildman–Crippen LogP) is -0.0251. The smallest absolute Gasteiger partial charge is 0.351 e. The lowest BCUT2D eigenvalue weighted by atomic mass is 10.2. The van der Waals surface area contributed by atoms with Gasteiger partial charge in [-0.2, -0.15) is 4.98 Å². The Hall–Kier alpha value is -2.55. The lowest BCUT2D eigenvalue weighted by Crippen LogP contribution is -2.46. The lowest BCUT2D eigenvalue weighted by molar-refractivity contribution is -0.0967. The molecule has 1 aromatic heterocycles. The normalized spacial score (nSPS) is 20.5. The molecule has 3 rings (SSSR count). The van der Waals surface area contributed by atoms with Gasteiger partial charge in [0.15, 0.2) is 6.23 Å². The molecule has 8 heteroatoms. The third-order valence-electron chi connectivity index (χ3n) is 3.66. The van der Waals surface area contributed by atoms with Crippen molar-refractivity contribution in [3.63, 3.8) is 0 Å². The van der Waals surface area contributed by atoms with Gasteiger partial charge in [0.05, 0.1) is 12.7 Å². The van der Waals surface area contributed by atoms with Crippen LogP contribution in [-0.4, -0.2) is 46.4 Å². The number of hydrogen-bond donors (Lipinski definition) is 3. The van der Waals surface area contributed by atoms with Crippen LogP contribution in [0.3, 0.4) is 0 Å². The number of aliphatic hydroxyl groups is 1. The molecule has 2 atom stereocenters. The molecular weight excluding hydrogens is 312 g/mol. The zero-order chi connectivity index (χ0) is 16.9. The monoisotopic (exact) mass is 330 g/mol. The molecule has 126 valence electrons. The minimum Gasteiger partial charge on any atom is -0.394 e. The number of benzene rings is 1. The highest BCUT2D eigenvalue weighted by Gasteiger charge is 2.23. The standard InChI is InChI=1S/C16H18N4O4/c21-10-12-8-17-9-14(24-12)20-7-6-13(19-16(20)23)18-15(22)11-4-2-1-3-5-11/h1-7,12,14,17,21H,8-10H2,(H,18,19,22,23)/t12-,14+/m0/s1. The van der Waals surface area contributed by atoms with E-state index in [1.165, 1.54) is 16.8 Å². The van der Waals surface area contributed by atoms with Crippen molar-refractivity contribution in [1.82, 2.24) is 14.9 Å². The topological polar surface area (TPSA) is 105 Å². The van der Waals surface area contributed by atoms with Crippen molar-refractivity contribution >= 4 is 11.7 Å². The van der Waals surface area contributed by atoms with Crippen LogP contribution in [0.25, 0.3) is 0 Å². The second kappa shape index (κ2) is 7.35. The summed E-state index contributed by atoms with van der Waals surface area (Å²) in [6, 6.07) is 10.2. The van der Waals surface area contributed by atoms with Gasteiger partial charge in [-0.25, -0.2) is 4.79 Å². The summed E-state index contributed by atoms with van der Waals surface area (Å²) in [5.74, 6) is -0.163. The molecule has 0 bridgehead atoms. The first-order chi connectivity index (χ1) is 11.7. The molecule has 1 aliphatic rings. The summed E-state index contributed by atoms with van der Waals surface area (Å²) in [6.07, 6.45) is 0.602. The van der Waals surface area contributed by atoms with Gasteiger partial charge in [-0.1, -0.05) is 18.2 Å². The fourth-order valence-corrected chi connectivity index (χ4v) is 2.44. The number of morpholine rings is 1. The number of carbonyl (C=O) groups is 1. The number of carbonyl (C=O) groups excluding carboxylic acids is 1. The quantitative estimate of drug-likeness (QED) is 0.727. The molecule has 0 spiro atoms. The molecular formula is C16H18N4O4. The minimum atomic E-state index is -0.547. The molecule has 8 nitrogen and oxygen atoms in total. The van der Waals surface area contributed by atoms with Crippen LogP contribution in [0.4, 0.5) is 5.82 Å². The molecule has 24 heavy (non-hydrogen) atoms. The molecule has 2 heterocycles. The van der Waals surface area contributed by atoms with E-state index in [1.54, 1.807) is 24.3 Å². The van der Waals surface area contributed by atoms with E-state index in [0.29, 0.717) is 18.7 Å². The second-order valence-corrected chi connectivity index (χ2v) is 5.38. The van der Waals surface area contributed by atoms with Crippen molar-refractivity contribution in [3.8, 4) is 0 Å². The van der Waals surface area contributed by atoms with Crippen LogP contribution < -0.4 is 16.3 Å². The van der Waals surface area contributed by atoms with E-state index in [2.05, 4.69) is 15.6 Å². The van der Waals surface area contributed by atoms with Gasteiger partial charge in [-0.05, 0) is 18.2 Å². The maximum absolute atomic E-state index is 12.2. The third kappa shape index (κ3) is 3.67. The highest BCUT2D eigenvalue weighted by Crippen LogP contribution is 2.13. The lowest BCUT2D eigenvalue weighted by Gasteiger charge is -2.30. The molecule has 1 amide bonds. The number of nitrogens with one attached hydrogen (secondary N) is 2. The van der Waals surface area contributed by atoms with Gasteiger partial charge in [0.1, 0.15) is 5.82 Å². The van der Waals surface area contributed by atoms with Crippen molar-refractivity contribution in [2.24, 2.45) is 0 Å². The molecule has 1 aliphatic heterocycles. The van der Waals surface area contributed by atoms with E-state index in [1.807, 2.05) is 6.07 Å². The SMILES string of the molecule is O=C(Nc1ccn([C@H]2CNC[C@@H](CO)O2)c(=O)n1)c1ccccc1. The van der Waals surface area contributed by atoms with Gasteiger partial charge < -0.3 is 20.5 Å². The van der Waals surface area contributed by atoms with Crippen LogP contribution >= 0.6 is 0 Å². The van der Waals surface area contributed by atoms with Crippen LogP contribution in [0.1, 0.15) is 16.6 Å². The fourth-order valence-electron chi connectivity index (χ4n) is 2.44. The Bertz CT molecular complexity index is 762. The number of amides is 1. The van der Waals surface area contributed by atoms with Crippen LogP contribution in [0.15, 0.2) is 47.4 Å². The van der Waals surface area contributed by atoms with Crippen molar-refractivity contribution < 1.29 is 14.6 Å². The molecule has 0 saturated carbocycles. The molecule has 1 saturated heterocycles. The first-order valence-corrected chi connectivity index (χ1v) is 7.60. The fraction of sp³-hybridized carbons (Fsp3) is 0.312. The van der Waals surface area contributed by atoms with E-state index >= 15 is 0 Å². The Morgan fingerprint density at radius 3 is 2.83 bits per heavy atom. The van der Waals surface area contributed by atoms with Crippen molar-refractivity contribution in [1.29, 1.82) is 0 Å². The summed E-state index contributed by atoms with van der Waals surface area (Å²) in [6.45, 7) is 0.838. The highest BCUT2D eigenvalue weighted by molar-refractivity contribution is 6.03. The summed E-state index contributed by atoms with van der Waals surface area (Å²) < 4.78 is 6.94. The molecule has 2 aromatic rings. The third-order valence-corrected chi connectivity index (χ3v) is 3.66. The van der Waals surface area contributed by atoms with Crippen LogP contribution in [0, 0.1) is 0 Å². The molecule has 1 fully saturated rings. The van der Waals surface area contributed by atoms with E-state index in [0.717, 1.165) is 0 Å². The van der Waals surface area contributed by atoms with E-state index in [4.69, 9.17) is 9.84 Å². The van der Waals surface area contributed by atoms with Crippen molar-refractivity contribution in [3.05, 3.63) is 58.6 Å².